The predicted octanol–water partition coefficient (Wildman–Crippen LogP) is 3.88. The van der Waals surface area contributed by atoms with Gasteiger partial charge in [0.25, 0.3) is 11.8 Å². The molecule has 13 heteroatoms. The number of amides is 3. The number of rotatable bonds is 7. The summed E-state index contributed by atoms with van der Waals surface area (Å²) in [5.74, 6) is -0.398. The number of nitrogens with zero attached hydrogens (tertiary/aromatic N) is 2. The molecule has 3 aromatic rings. The highest BCUT2D eigenvalue weighted by atomic mass is 35.5. The van der Waals surface area contributed by atoms with Gasteiger partial charge in [0.2, 0.25) is 0 Å². The summed E-state index contributed by atoms with van der Waals surface area (Å²) in [7, 11) is 1.34. The van der Waals surface area contributed by atoms with E-state index in [-0.39, 0.29) is 36.3 Å². The number of hydrogen-bond acceptors (Lipinski definition) is 7. The molecule has 4 N–H and O–H groups in total. The van der Waals surface area contributed by atoms with Crippen molar-refractivity contribution in [1.82, 2.24) is 30.8 Å². The molecule has 1 fully saturated rings. The maximum atomic E-state index is 13.2. The van der Waals surface area contributed by atoms with E-state index < -0.39 is 6.09 Å². The highest BCUT2D eigenvalue weighted by Gasteiger charge is 2.30. The van der Waals surface area contributed by atoms with Crippen molar-refractivity contribution >= 4 is 64.2 Å². The third kappa shape index (κ3) is 7.02. The fourth-order valence-electron chi connectivity index (χ4n) is 5.10. The van der Waals surface area contributed by atoms with Crippen LogP contribution in [-0.4, -0.2) is 71.6 Å². The summed E-state index contributed by atoms with van der Waals surface area (Å²) in [4.78, 5) is 48.5. The van der Waals surface area contributed by atoms with Crippen LogP contribution in [0, 0.1) is 0 Å². The van der Waals surface area contributed by atoms with E-state index in [4.69, 9.17) is 11.6 Å². The lowest BCUT2D eigenvalue weighted by atomic mass is 9.90. The van der Waals surface area contributed by atoms with E-state index >= 15 is 0 Å². The third-order valence-corrected chi connectivity index (χ3v) is 8.43. The van der Waals surface area contributed by atoms with Crippen molar-refractivity contribution in [3.63, 3.8) is 0 Å². The molecule has 0 saturated heterocycles. The largest absolute Gasteiger partial charge is 0.453 e. The highest BCUT2D eigenvalue weighted by Crippen LogP contribution is 2.26. The SMILES string of the molecule is COC(=O)NCCN1CCc2nc(C(=O)N[C@@H]3CCCC[C@@H]3NC(=O)c3cc4cc(Cl)ccc4[nH]3)sc2C1.Cl. The second-order valence-electron chi connectivity index (χ2n) is 9.69. The molecule has 10 nitrogen and oxygen atoms in total. The van der Waals surface area contributed by atoms with Gasteiger partial charge in [-0.25, -0.2) is 9.78 Å². The van der Waals surface area contributed by atoms with Gasteiger partial charge < -0.3 is 25.7 Å². The first-order valence-corrected chi connectivity index (χ1v) is 14.0. The number of H-pyrrole nitrogens is 1. The zero-order valence-electron chi connectivity index (χ0n) is 21.5. The summed E-state index contributed by atoms with van der Waals surface area (Å²) in [5, 5.41) is 10.9. The quantitative estimate of drug-likeness (QED) is 0.328. The Morgan fingerprint density at radius 3 is 2.64 bits per heavy atom. The highest BCUT2D eigenvalue weighted by molar-refractivity contribution is 7.13. The number of thiazole rings is 1. The Kier molecular flexibility index (Phi) is 9.71. The van der Waals surface area contributed by atoms with Crippen molar-refractivity contribution in [2.24, 2.45) is 0 Å². The van der Waals surface area contributed by atoms with E-state index in [1.54, 1.807) is 12.1 Å². The predicted molar refractivity (Wildman–Crippen MR) is 153 cm³/mol. The molecule has 0 unspecified atom stereocenters. The normalized spacial score (nSPS) is 19.0. The second kappa shape index (κ2) is 13.0. The molecule has 0 radical (unpaired) electrons. The van der Waals surface area contributed by atoms with Crippen molar-refractivity contribution in [2.45, 2.75) is 50.7 Å². The van der Waals surface area contributed by atoms with Crippen molar-refractivity contribution in [1.29, 1.82) is 0 Å². The monoisotopic (exact) mass is 594 g/mol. The number of aromatic nitrogens is 2. The van der Waals surface area contributed by atoms with Crippen LogP contribution in [0.4, 0.5) is 4.79 Å². The summed E-state index contributed by atoms with van der Waals surface area (Å²) in [6.07, 6.45) is 3.89. The molecule has 3 heterocycles. The van der Waals surface area contributed by atoms with Gasteiger partial charge in [0, 0.05) is 65.5 Å². The van der Waals surface area contributed by atoms with Gasteiger partial charge in [-0.1, -0.05) is 24.4 Å². The first-order chi connectivity index (χ1) is 18.4. The fraction of sp³-hybridized carbons (Fsp3) is 0.462. The van der Waals surface area contributed by atoms with Gasteiger partial charge in [-0.2, -0.15) is 0 Å². The standard InChI is InChI=1S/C26H31ClN6O4S.ClH/c1-37-26(36)28-9-11-33-10-8-20-22(14-33)38-25(32-20)24(35)31-19-5-3-2-4-18(19)30-23(34)21-13-15-12-16(27)6-7-17(15)29-21;/h6-7,12-13,18-19,29H,2-5,8-11,14H2,1H3,(H,28,36)(H,30,34)(H,31,35);1H/t18-,19+;/m0./s1. The minimum Gasteiger partial charge on any atom is -0.453 e. The molecule has 2 atom stereocenters. The summed E-state index contributed by atoms with van der Waals surface area (Å²) in [5.41, 5.74) is 2.28. The van der Waals surface area contributed by atoms with Crippen molar-refractivity contribution < 1.29 is 19.1 Å². The van der Waals surface area contributed by atoms with Gasteiger partial charge in [-0.3, -0.25) is 14.5 Å². The number of alkyl carbamates (subject to hydrolysis) is 1. The average molecular weight is 596 g/mol. The lowest BCUT2D eigenvalue weighted by Gasteiger charge is -2.32. The minimum absolute atomic E-state index is 0. The molecule has 39 heavy (non-hydrogen) atoms. The maximum absolute atomic E-state index is 13.2. The number of methoxy groups -OCH3 is 1. The lowest BCUT2D eigenvalue weighted by Crippen LogP contribution is -2.53. The molecule has 1 saturated carbocycles. The lowest BCUT2D eigenvalue weighted by molar-refractivity contribution is 0.0860. The Morgan fingerprint density at radius 2 is 1.90 bits per heavy atom. The van der Waals surface area contributed by atoms with Crippen molar-refractivity contribution in [3.05, 3.63) is 50.6 Å². The summed E-state index contributed by atoms with van der Waals surface area (Å²) in [6, 6.07) is 6.92. The number of hydrogen-bond donors (Lipinski definition) is 4. The van der Waals surface area contributed by atoms with Crippen LogP contribution >= 0.6 is 35.3 Å². The van der Waals surface area contributed by atoms with E-state index in [1.807, 2.05) is 12.1 Å². The zero-order chi connectivity index (χ0) is 26.6. The maximum Gasteiger partial charge on any atom is 0.406 e. The number of ether oxygens (including phenoxy) is 1. The number of carbonyl (C=O) groups is 3. The van der Waals surface area contributed by atoms with E-state index in [9.17, 15) is 14.4 Å². The van der Waals surface area contributed by atoms with E-state index in [1.165, 1.54) is 18.4 Å². The van der Waals surface area contributed by atoms with Crippen molar-refractivity contribution in [2.75, 3.05) is 26.7 Å². The Morgan fingerprint density at radius 1 is 1.15 bits per heavy atom. The Balaban J connectivity index is 0.00000353. The number of aromatic amines is 1. The Hall–Kier alpha value is -2.86. The van der Waals surface area contributed by atoms with E-state index in [2.05, 4.69) is 35.6 Å². The molecule has 2 aromatic heterocycles. The number of carbonyl (C=O) groups excluding carboxylic acids is 3. The van der Waals surface area contributed by atoms with Crippen LogP contribution in [0.15, 0.2) is 24.3 Å². The average Bonchev–Trinajstić information content (AvgIpc) is 3.53. The van der Waals surface area contributed by atoms with Crippen LogP contribution in [0.5, 0.6) is 0 Å². The molecular weight excluding hydrogens is 563 g/mol. The van der Waals surface area contributed by atoms with Crippen LogP contribution in [0.3, 0.4) is 0 Å². The molecule has 1 aromatic carbocycles. The van der Waals surface area contributed by atoms with Gasteiger partial charge in [0.15, 0.2) is 5.01 Å². The summed E-state index contributed by atoms with van der Waals surface area (Å²) >= 11 is 7.49. The van der Waals surface area contributed by atoms with Crippen molar-refractivity contribution in [3.8, 4) is 0 Å². The molecule has 3 amide bonds. The zero-order valence-corrected chi connectivity index (χ0v) is 23.9. The third-order valence-electron chi connectivity index (χ3n) is 7.11. The summed E-state index contributed by atoms with van der Waals surface area (Å²) in [6.45, 7) is 2.70. The molecule has 0 bridgehead atoms. The van der Waals surface area contributed by atoms with Crippen LogP contribution in [-0.2, 0) is 17.7 Å². The molecule has 1 aliphatic heterocycles. The van der Waals surface area contributed by atoms with Gasteiger partial charge in [-0.15, -0.1) is 23.7 Å². The van der Waals surface area contributed by atoms with Gasteiger partial charge in [-0.05, 0) is 37.1 Å². The van der Waals surface area contributed by atoms with E-state index in [0.29, 0.717) is 35.4 Å². The molecule has 0 spiro atoms. The molecule has 1 aliphatic carbocycles. The number of halogens is 2. The van der Waals surface area contributed by atoms with E-state index in [0.717, 1.165) is 60.1 Å². The van der Waals surface area contributed by atoms with Gasteiger partial charge >= 0.3 is 6.09 Å². The number of nitrogens with one attached hydrogen (secondary N) is 4. The molecule has 5 rings (SSSR count). The molecule has 2 aliphatic rings. The number of benzene rings is 1. The van der Waals surface area contributed by atoms with Gasteiger partial charge in [0.05, 0.1) is 12.8 Å². The molecular formula is C26H32Cl2N6O4S. The topological polar surface area (TPSA) is 128 Å². The smallest absolute Gasteiger partial charge is 0.406 e. The minimum atomic E-state index is -0.442. The van der Waals surface area contributed by atoms with Crippen LogP contribution in [0.25, 0.3) is 10.9 Å². The Labute approximate surface area is 241 Å². The van der Waals surface area contributed by atoms with Gasteiger partial charge in [0.1, 0.15) is 5.69 Å². The van der Waals surface area contributed by atoms with Crippen LogP contribution in [0.1, 0.15) is 56.5 Å². The first-order valence-electron chi connectivity index (χ1n) is 12.8. The fourth-order valence-corrected chi connectivity index (χ4v) is 6.34. The number of fused-ring (bicyclic) bond motifs is 2. The Bertz CT molecular complexity index is 1350. The summed E-state index contributed by atoms with van der Waals surface area (Å²) < 4.78 is 4.61. The van der Waals surface area contributed by atoms with Crippen LogP contribution < -0.4 is 16.0 Å². The second-order valence-corrected chi connectivity index (χ2v) is 11.2. The molecule has 210 valence electrons. The van der Waals surface area contributed by atoms with Crippen LogP contribution in [0.2, 0.25) is 5.02 Å². The first kappa shape index (κ1) is 29.1.